The van der Waals surface area contributed by atoms with Crippen LogP contribution in [0.15, 0.2) is 53.4 Å². The number of primary sulfonamides is 1. The fourth-order valence-electron chi connectivity index (χ4n) is 4.08. The number of anilines is 2. The van der Waals surface area contributed by atoms with Gasteiger partial charge < -0.3 is 15.6 Å². The summed E-state index contributed by atoms with van der Waals surface area (Å²) in [6.45, 7) is 3.71. The summed E-state index contributed by atoms with van der Waals surface area (Å²) in [5, 5.41) is 9.57. The smallest absolute Gasteiger partial charge is 0.238 e. The number of hydrogen-bond acceptors (Lipinski definition) is 6. The van der Waals surface area contributed by atoms with E-state index in [1.807, 2.05) is 24.3 Å². The predicted octanol–water partition coefficient (Wildman–Crippen LogP) is 4.05. The molecule has 2 aromatic heterocycles. The minimum absolute atomic E-state index is 0.107. The lowest BCUT2D eigenvalue weighted by molar-refractivity contribution is 0.597. The molecule has 8 nitrogen and oxygen atoms in total. The van der Waals surface area contributed by atoms with Crippen LogP contribution < -0.4 is 16.2 Å². The number of rotatable bonds is 10. The molecule has 4 rings (SSSR count). The van der Waals surface area contributed by atoms with Crippen molar-refractivity contribution >= 4 is 43.5 Å². The van der Waals surface area contributed by atoms with Crippen molar-refractivity contribution in [1.82, 2.24) is 14.5 Å². The quantitative estimate of drug-likeness (QED) is 0.302. The second-order valence-electron chi connectivity index (χ2n) is 8.20. The van der Waals surface area contributed by atoms with Crippen molar-refractivity contribution in [3.63, 3.8) is 0 Å². The summed E-state index contributed by atoms with van der Waals surface area (Å²) in [6.07, 6.45) is 4.90. The van der Waals surface area contributed by atoms with Crippen LogP contribution in [0.3, 0.4) is 0 Å². The van der Waals surface area contributed by atoms with Crippen LogP contribution in [0.25, 0.3) is 21.9 Å². The Morgan fingerprint density at radius 2 is 1.85 bits per heavy atom. The minimum Gasteiger partial charge on any atom is -0.385 e. The Balaban J connectivity index is 1.51. The number of benzene rings is 2. The van der Waals surface area contributed by atoms with Crippen LogP contribution in [-0.4, -0.2) is 29.5 Å². The van der Waals surface area contributed by atoms with Crippen LogP contribution >= 0.6 is 0 Å². The summed E-state index contributed by atoms with van der Waals surface area (Å²) >= 11 is 0. The number of aryl methyl sites for hydroxylation is 2. The zero-order chi connectivity index (χ0) is 23.4. The van der Waals surface area contributed by atoms with Crippen LogP contribution in [0.4, 0.5) is 11.5 Å². The van der Waals surface area contributed by atoms with E-state index in [9.17, 15) is 8.42 Å². The summed E-state index contributed by atoms with van der Waals surface area (Å²) in [5.74, 6) is 1.52. The van der Waals surface area contributed by atoms with Crippen LogP contribution in [-0.2, 0) is 23.0 Å². The van der Waals surface area contributed by atoms with Crippen molar-refractivity contribution in [2.45, 2.75) is 50.5 Å². The number of nitrogens with zero attached hydrogens (tertiary/aromatic N) is 3. The molecule has 0 spiro atoms. The summed E-state index contributed by atoms with van der Waals surface area (Å²) in [7, 11) is -3.71. The molecule has 0 aliphatic rings. The Kier molecular flexibility index (Phi) is 6.80. The molecule has 33 heavy (non-hydrogen) atoms. The molecule has 0 atom stereocenters. The Morgan fingerprint density at radius 3 is 2.64 bits per heavy atom. The molecule has 5 N–H and O–H groups in total. The highest BCUT2D eigenvalue weighted by molar-refractivity contribution is 7.89. The van der Waals surface area contributed by atoms with Gasteiger partial charge in [0.1, 0.15) is 11.3 Å². The second kappa shape index (κ2) is 9.76. The van der Waals surface area contributed by atoms with E-state index in [4.69, 9.17) is 15.9 Å². The van der Waals surface area contributed by atoms with E-state index < -0.39 is 10.0 Å². The number of aromatic nitrogens is 3. The highest BCUT2D eigenvalue weighted by Crippen LogP contribution is 2.29. The van der Waals surface area contributed by atoms with Gasteiger partial charge in [0, 0.05) is 30.6 Å². The van der Waals surface area contributed by atoms with Crippen molar-refractivity contribution in [2.75, 3.05) is 17.6 Å². The number of pyridine rings is 1. The van der Waals surface area contributed by atoms with Gasteiger partial charge in [-0.25, -0.2) is 23.5 Å². The topological polar surface area (TPSA) is 129 Å². The van der Waals surface area contributed by atoms with Crippen LogP contribution in [0.1, 0.15) is 38.4 Å². The molecule has 0 fully saturated rings. The SMILES string of the molecule is CCCCc1nc2c(N)nc3ccccc3c2n1CCCCNc1cccc(S(N)(=O)=O)c1. The molecule has 2 heterocycles. The van der Waals surface area contributed by atoms with Gasteiger partial charge in [0.2, 0.25) is 10.0 Å². The first-order chi connectivity index (χ1) is 15.9. The largest absolute Gasteiger partial charge is 0.385 e. The zero-order valence-electron chi connectivity index (χ0n) is 18.8. The Labute approximate surface area is 194 Å². The van der Waals surface area contributed by atoms with E-state index in [1.54, 1.807) is 12.1 Å². The van der Waals surface area contributed by atoms with Gasteiger partial charge in [0.25, 0.3) is 0 Å². The van der Waals surface area contributed by atoms with Gasteiger partial charge in [-0.2, -0.15) is 0 Å². The average Bonchev–Trinajstić information content (AvgIpc) is 3.16. The average molecular weight is 467 g/mol. The number of unbranched alkanes of at least 4 members (excludes halogenated alkanes) is 2. The standard InChI is InChI=1S/C24H30N6O2S/c1-2-3-13-21-29-22-23(19-11-4-5-12-20(19)28-24(22)25)30(21)15-7-6-14-27-17-9-8-10-18(16-17)33(26,31)32/h4-5,8-12,16,27H,2-3,6-7,13-15H2,1H3,(H2,25,28)(H2,26,31,32). The minimum atomic E-state index is -3.71. The molecule has 0 bridgehead atoms. The lowest BCUT2D eigenvalue weighted by Gasteiger charge is -2.12. The third-order valence-corrected chi connectivity index (χ3v) is 6.65. The third-order valence-electron chi connectivity index (χ3n) is 5.74. The molecular weight excluding hydrogens is 436 g/mol. The summed E-state index contributed by atoms with van der Waals surface area (Å²) in [5.41, 5.74) is 9.71. The number of sulfonamides is 1. The van der Waals surface area contributed by atoms with Gasteiger partial charge >= 0.3 is 0 Å². The number of nitrogens with two attached hydrogens (primary N) is 2. The van der Waals surface area contributed by atoms with Crippen molar-refractivity contribution in [2.24, 2.45) is 5.14 Å². The maximum atomic E-state index is 11.6. The lowest BCUT2D eigenvalue weighted by atomic mass is 10.2. The van der Waals surface area contributed by atoms with Gasteiger partial charge in [-0.1, -0.05) is 37.6 Å². The molecule has 4 aromatic rings. The van der Waals surface area contributed by atoms with Crippen LogP contribution in [0, 0.1) is 0 Å². The predicted molar refractivity (Wildman–Crippen MR) is 134 cm³/mol. The first-order valence-corrected chi connectivity index (χ1v) is 12.8. The molecule has 0 aliphatic carbocycles. The van der Waals surface area contributed by atoms with E-state index in [0.717, 1.165) is 78.6 Å². The first-order valence-electron chi connectivity index (χ1n) is 11.3. The van der Waals surface area contributed by atoms with Crippen LogP contribution in [0.5, 0.6) is 0 Å². The van der Waals surface area contributed by atoms with Gasteiger partial charge in [-0.3, -0.25) is 0 Å². The molecule has 0 saturated heterocycles. The molecule has 0 saturated carbocycles. The third kappa shape index (κ3) is 5.09. The summed E-state index contributed by atoms with van der Waals surface area (Å²) < 4.78 is 25.4. The van der Waals surface area contributed by atoms with E-state index in [2.05, 4.69) is 27.9 Å². The van der Waals surface area contributed by atoms with Crippen molar-refractivity contribution in [1.29, 1.82) is 0 Å². The highest BCUT2D eigenvalue weighted by Gasteiger charge is 2.16. The fourth-order valence-corrected chi connectivity index (χ4v) is 4.64. The van der Waals surface area contributed by atoms with Crippen LogP contribution in [0.2, 0.25) is 0 Å². The van der Waals surface area contributed by atoms with E-state index in [0.29, 0.717) is 5.82 Å². The molecule has 0 aliphatic heterocycles. The molecule has 0 unspecified atom stereocenters. The number of para-hydroxylation sites is 1. The second-order valence-corrected chi connectivity index (χ2v) is 9.76. The Hall–Kier alpha value is -3.17. The Morgan fingerprint density at radius 1 is 1.03 bits per heavy atom. The zero-order valence-corrected chi connectivity index (χ0v) is 19.6. The monoisotopic (exact) mass is 466 g/mol. The van der Waals surface area contributed by atoms with Crippen molar-refractivity contribution in [3.05, 3.63) is 54.4 Å². The fraction of sp³-hybridized carbons (Fsp3) is 0.333. The van der Waals surface area contributed by atoms with Gasteiger partial charge in [-0.15, -0.1) is 0 Å². The normalized spacial score (nSPS) is 11.9. The van der Waals surface area contributed by atoms with Gasteiger partial charge in [-0.05, 0) is 43.5 Å². The number of fused-ring (bicyclic) bond motifs is 3. The first kappa shape index (κ1) is 23.0. The molecule has 174 valence electrons. The summed E-state index contributed by atoms with van der Waals surface area (Å²) in [6, 6.07) is 14.6. The van der Waals surface area contributed by atoms with Crippen molar-refractivity contribution < 1.29 is 8.42 Å². The number of hydrogen-bond donors (Lipinski definition) is 3. The highest BCUT2D eigenvalue weighted by atomic mass is 32.2. The van der Waals surface area contributed by atoms with Gasteiger partial charge in [0.05, 0.1) is 15.9 Å². The maximum Gasteiger partial charge on any atom is 0.238 e. The van der Waals surface area contributed by atoms with Crippen molar-refractivity contribution in [3.8, 4) is 0 Å². The van der Waals surface area contributed by atoms with E-state index in [1.165, 1.54) is 6.07 Å². The molecule has 2 aromatic carbocycles. The van der Waals surface area contributed by atoms with Gasteiger partial charge in [0.15, 0.2) is 5.82 Å². The molecule has 0 amide bonds. The number of imidazole rings is 1. The Bertz CT molecular complexity index is 1380. The molecular formula is C24H30N6O2S. The maximum absolute atomic E-state index is 11.6. The number of nitrogen functional groups attached to an aromatic ring is 1. The molecule has 0 radical (unpaired) electrons. The van der Waals surface area contributed by atoms with E-state index >= 15 is 0 Å². The molecule has 9 heteroatoms. The lowest BCUT2D eigenvalue weighted by Crippen LogP contribution is -2.12. The summed E-state index contributed by atoms with van der Waals surface area (Å²) in [4.78, 5) is 9.52. The number of nitrogens with one attached hydrogen (secondary N) is 1. The van der Waals surface area contributed by atoms with E-state index in [-0.39, 0.29) is 4.90 Å².